The van der Waals surface area contributed by atoms with Gasteiger partial charge in [0.15, 0.2) is 5.96 Å². The fraction of sp³-hybridized carbons (Fsp3) is 0.562. The van der Waals surface area contributed by atoms with E-state index < -0.39 is 0 Å². The molecule has 0 aliphatic heterocycles. The molecular formula is C16H25N3. The number of aliphatic imine (C=N–C) groups is 1. The van der Waals surface area contributed by atoms with Crippen molar-refractivity contribution in [1.29, 1.82) is 0 Å². The first-order valence-corrected chi connectivity index (χ1v) is 7.26. The second kappa shape index (κ2) is 6.60. The number of hydrogen-bond donors (Lipinski definition) is 2. The average molecular weight is 259 g/mol. The van der Waals surface area contributed by atoms with Gasteiger partial charge in [0.25, 0.3) is 0 Å². The van der Waals surface area contributed by atoms with Crippen molar-refractivity contribution in [3.05, 3.63) is 35.9 Å². The van der Waals surface area contributed by atoms with Crippen LogP contribution in [0.15, 0.2) is 35.3 Å². The van der Waals surface area contributed by atoms with Gasteiger partial charge in [-0.3, -0.25) is 4.99 Å². The number of rotatable bonds is 5. The molecule has 0 spiro atoms. The predicted octanol–water partition coefficient (Wildman–Crippen LogP) is 2.58. The maximum Gasteiger partial charge on any atom is 0.191 e. The number of nitrogens with zero attached hydrogens (tertiary/aromatic N) is 1. The van der Waals surface area contributed by atoms with Gasteiger partial charge in [0, 0.05) is 19.1 Å². The van der Waals surface area contributed by atoms with Gasteiger partial charge in [0.05, 0.1) is 0 Å². The van der Waals surface area contributed by atoms with Gasteiger partial charge in [-0.25, -0.2) is 0 Å². The van der Waals surface area contributed by atoms with Gasteiger partial charge in [-0.1, -0.05) is 37.3 Å². The first-order valence-electron chi connectivity index (χ1n) is 7.26. The molecule has 1 aromatic rings. The van der Waals surface area contributed by atoms with Crippen molar-refractivity contribution < 1.29 is 0 Å². The number of hydrogen-bond acceptors (Lipinski definition) is 1. The Kier molecular flexibility index (Phi) is 4.83. The molecule has 1 fully saturated rings. The predicted molar refractivity (Wildman–Crippen MR) is 81.4 cm³/mol. The molecule has 3 atom stereocenters. The molecule has 1 aromatic carbocycles. The van der Waals surface area contributed by atoms with Crippen LogP contribution in [-0.4, -0.2) is 25.1 Å². The summed E-state index contributed by atoms with van der Waals surface area (Å²) in [7, 11) is 1.84. The van der Waals surface area contributed by atoms with Gasteiger partial charge in [-0.05, 0) is 37.7 Å². The lowest BCUT2D eigenvalue weighted by molar-refractivity contribution is 0.617. The molecule has 3 nitrogen and oxygen atoms in total. The summed E-state index contributed by atoms with van der Waals surface area (Å²) in [6.07, 6.45) is 3.52. The Hall–Kier alpha value is -1.51. The van der Waals surface area contributed by atoms with Crippen LogP contribution >= 0.6 is 0 Å². The van der Waals surface area contributed by atoms with E-state index in [4.69, 9.17) is 0 Å². The van der Waals surface area contributed by atoms with E-state index in [0.717, 1.165) is 18.3 Å². The highest BCUT2D eigenvalue weighted by Crippen LogP contribution is 2.33. The molecule has 0 amide bonds. The highest BCUT2D eigenvalue weighted by molar-refractivity contribution is 5.80. The Morgan fingerprint density at radius 3 is 2.74 bits per heavy atom. The van der Waals surface area contributed by atoms with E-state index in [1.54, 1.807) is 0 Å². The van der Waals surface area contributed by atoms with E-state index in [9.17, 15) is 0 Å². The molecule has 0 bridgehead atoms. The minimum absolute atomic E-state index is 0.470. The zero-order valence-electron chi connectivity index (χ0n) is 12.2. The van der Waals surface area contributed by atoms with E-state index in [1.165, 1.54) is 18.4 Å². The van der Waals surface area contributed by atoms with Crippen molar-refractivity contribution in [3.63, 3.8) is 0 Å². The largest absolute Gasteiger partial charge is 0.354 e. The van der Waals surface area contributed by atoms with E-state index in [-0.39, 0.29) is 0 Å². The quantitative estimate of drug-likeness (QED) is 0.630. The summed E-state index contributed by atoms with van der Waals surface area (Å²) in [5, 5.41) is 6.93. The van der Waals surface area contributed by atoms with Gasteiger partial charge in [-0.15, -0.1) is 0 Å². The molecule has 0 radical (unpaired) electrons. The smallest absolute Gasteiger partial charge is 0.191 e. The molecular weight excluding hydrogens is 234 g/mol. The molecule has 0 heterocycles. The molecule has 0 saturated heterocycles. The second-order valence-electron chi connectivity index (χ2n) is 5.46. The van der Waals surface area contributed by atoms with Gasteiger partial charge >= 0.3 is 0 Å². The van der Waals surface area contributed by atoms with E-state index in [0.29, 0.717) is 12.1 Å². The fourth-order valence-electron chi connectivity index (χ4n) is 2.25. The Morgan fingerprint density at radius 1 is 1.37 bits per heavy atom. The van der Waals surface area contributed by atoms with Crippen LogP contribution in [0.25, 0.3) is 0 Å². The van der Waals surface area contributed by atoms with Gasteiger partial charge in [-0.2, -0.15) is 0 Å². The molecule has 19 heavy (non-hydrogen) atoms. The number of benzene rings is 1. The monoisotopic (exact) mass is 259 g/mol. The van der Waals surface area contributed by atoms with Crippen LogP contribution in [0.5, 0.6) is 0 Å². The van der Waals surface area contributed by atoms with Gasteiger partial charge in [0.1, 0.15) is 0 Å². The molecule has 1 aliphatic carbocycles. The van der Waals surface area contributed by atoms with Crippen LogP contribution in [0.1, 0.15) is 32.3 Å². The molecule has 3 unspecified atom stereocenters. The Morgan fingerprint density at radius 2 is 2.11 bits per heavy atom. The third-order valence-corrected chi connectivity index (χ3v) is 3.80. The molecule has 3 heteroatoms. The number of nitrogens with one attached hydrogen (secondary N) is 2. The third-order valence-electron chi connectivity index (χ3n) is 3.80. The van der Waals surface area contributed by atoms with Crippen molar-refractivity contribution in [3.8, 4) is 0 Å². The minimum atomic E-state index is 0.470. The minimum Gasteiger partial charge on any atom is -0.354 e. The summed E-state index contributed by atoms with van der Waals surface area (Å²) >= 11 is 0. The van der Waals surface area contributed by atoms with Crippen LogP contribution in [0.3, 0.4) is 0 Å². The molecule has 2 N–H and O–H groups in total. The first kappa shape index (κ1) is 13.9. The van der Waals surface area contributed by atoms with Crippen molar-refractivity contribution in [2.45, 2.75) is 45.2 Å². The summed E-state index contributed by atoms with van der Waals surface area (Å²) in [6, 6.07) is 11.8. The maximum atomic E-state index is 4.29. The SMILES string of the molecule is CCC(C)NC(=NC)NC1CC1Cc1ccccc1. The van der Waals surface area contributed by atoms with Gasteiger partial charge in [0.2, 0.25) is 0 Å². The maximum absolute atomic E-state index is 4.29. The van der Waals surface area contributed by atoms with E-state index >= 15 is 0 Å². The Labute approximate surface area is 116 Å². The van der Waals surface area contributed by atoms with E-state index in [2.05, 4.69) is 59.8 Å². The topological polar surface area (TPSA) is 36.4 Å². The zero-order valence-corrected chi connectivity index (χ0v) is 12.2. The number of guanidine groups is 1. The summed E-state index contributed by atoms with van der Waals surface area (Å²) in [6.45, 7) is 4.36. The Bertz CT molecular complexity index is 413. The summed E-state index contributed by atoms with van der Waals surface area (Å²) < 4.78 is 0. The van der Waals surface area contributed by atoms with E-state index in [1.807, 2.05) is 7.05 Å². The van der Waals surface area contributed by atoms with Gasteiger partial charge < -0.3 is 10.6 Å². The fourth-order valence-corrected chi connectivity index (χ4v) is 2.25. The van der Waals surface area contributed by atoms with Crippen molar-refractivity contribution >= 4 is 5.96 Å². The zero-order chi connectivity index (χ0) is 13.7. The van der Waals surface area contributed by atoms with Crippen molar-refractivity contribution in [2.24, 2.45) is 10.9 Å². The van der Waals surface area contributed by atoms with Crippen LogP contribution in [-0.2, 0) is 6.42 Å². The third kappa shape index (κ3) is 4.27. The highest BCUT2D eigenvalue weighted by atomic mass is 15.2. The average Bonchev–Trinajstić information content (AvgIpc) is 3.16. The van der Waals surface area contributed by atoms with Crippen LogP contribution in [0.2, 0.25) is 0 Å². The van der Waals surface area contributed by atoms with Crippen LogP contribution in [0.4, 0.5) is 0 Å². The molecule has 0 aromatic heterocycles. The molecule has 2 rings (SSSR count). The summed E-state index contributed by atoms with van der Waals surface area (Å²) in [5.41, 5.74) is 1.43. The molecule has 1 aliphatic rings. The molecule has 1 saturated carbocycles. The normalized spacial score (nSPS) is 23.8. The lowest BCUT2D eigenvalue weighted by atomic mass is 10.1. The first-order chi connectivity index (χ1) is 9.22. The lowest BCUT2D eigenvalue weighted by Crippen LogP contribution is -2.43. The summed E-state index contributed by atoms with van der Waals surface area (Å²) in [5.74, 6) is 1.69. The van der Waals surface area contributed by atoms with Crippen LogP contribution in [0, 0.1) is 5.92 Å². The lowest BCUT2D eigenvalue weighted by Gasteiger charge is -2.16. The molecule has 104 valence electrons. The standard InChI is InChI=1S/C16H25N3/c1-4-12(2)18-16(17-3)19-15-11-14(15)10-13-8-6-5-7-9-13/h5-9,12,14-15H,4,10-11H2,1-3H3,(H2,17,18,19). The highest BCUT2D eigenvalue weighted by Gasteiger charge is 2.37. The Balaban J connectivity index is 1.77. The van der Waals surface area contributed by atoms with Crippen LogP contribution < -0.4 is 10.6 Å². The van der Waals surface area contributed by atoms with Crippen molar-refractivity contribution in [1.82, 2.24) is 10.6 Å². The summed E-state index contributed by atoms with van der Waals surface area (Å²) in [4.78, 5) is 4.29. The second-order valence-corrected chi connectivity index (χ2v) is 5.46. The van der Waals surface area contributed by atoms with Crippen molar-refractivity contribution in [2.75, 3.05) is 7.05 Å².